The van der Waals surface area contributed by atoms with Crippen molar-refractivity contribution < 1.29 is 32.6 Å². The van der Waals surface area contributed by atoms with E-state index in [0.717, 1.165) is 6.42 Å². The van der Waals surface area contributed by atoms with Crippen LogP contribution in [0.1, 0.15) is 23.2 Å². The lowest BCUT2D eigenvalue weighted by Gasteiger charge is -2.40. The van der Waals surface area contributed by atoms with Gasteiger partial charge in [0, 0.05) is 61.4 Å². The number of nitrogens with one attached hydrogen (secondary N) is 1. The van der Waals surface area contributed by atoms with E-state index < -0.39 is 12.5 Å². The molecule has 2 aliphatic heterocycles. The van der Waals surface area contributed by atoms with E-state index in [-0.39, 0.29) is 57.7 Å². The highest BCUT2D eigenvalue weighted by Crippen LogP contribution is 2.37. The van der Waals surface area contributed by atoms with E-state index in [9.17, 15) is 23.2 Å². The van der Waals surface area contributed by atoms with Gasteiger partial charge in [-0.15, -0.1) is 0 Å². The first-order valence-electron chi connectivity index (χ1n) is 13.8. The maximum absolute atomic E-state index is 13.3. The van der Waals surface area contributed by atoms with Crippen molar-refractivity contribution in [3.63, 3.8) is 0 Å². The third kappa shape index (κ3) is 6.33. The molecule has 1 N–H and O–H groups in total. The van der Waals surface area contributed by atoms with Crippen LogP contribution in [-0.4, -0.2) is 97.4 Å². The molecule has 0 radical (unpaired) electrons. The number of hydrogen-bond donors (Lipinski definition) is 1. The number of fused-ring (bicyclic) bond motifs is 1. The fraction of sp³-hybridized carbons (Fsp3) is 0.357. The van der Waals surface area contributed by atoms with Crippen LogP contribution in [0.2, 0.25) is 5.02 Å². The Hall–Kier alpha value is -4.63. The molecule has 2 fully saturated rings. The number of nitrogens with zero attached hydrogens (tertiary/aromatic N) is 7. The molecule has 1 atom stereocenters. The Labute approximate surface area is 254 Å². The van der Waals surface area contributed by atoms with Crippen molar-refractivity contribution in [2.45, 2.75) is 32.0 Å². The van der Waals surface area contributed by atoms with Gasteiger partial charge in [0.1, 0.15) is 23.6 Å². The number of amides is 2. The van der Waals surface area contributed by atoms with E-state index in [1.807, 2.05) is 0 Å². The number of hydrogen-bond acceptors (Lipinski definition) is 9. The second-order valence-electron chi connectivity index (χ2n) is 10.3. The van der Waals surface area contributed by atoms with Gasteiger partial charge in [0.05, 0.1) is 24.9 Å². The summed E-state index contributed by atoms with van der Waals surface area (Å²) in [4.78, 5) is 46.4. The third-order valence-electron chi connectivity index (χ3n) is 7.54. The largest absolute Gasteiger partial charge is 0.466 e. The molecule has 16 heteroatoms. The molecular weight excluding hydrogens is 602 g/mol. The van der Waals surface area contributed by atoms with Gasteiger partial charge in [0.2, 0.25) is 5.91 Å². The summed E-state index contributed by atoms with van der Waals surface area (Å²) in [6.07, 6.45) is 7.05. The van der Waals surface area contributed by atoms with E-state index >= 15 is 0 Å². The van der Waals surface area contributed by atoms with E-state index in [0.29, 0.717) is 44.9 Å². The Kier molecular flexibility index (Phi) is 8.39. The molecule has 4 aromatic rings. The van der Waals surface area contributed by atoms with Crippen LogP contribution in [-0.2, 0) is 20.9 Å². The molecular formula is C28H27ClF2N8O5. The van der Waals surface area contributed by atoms with Crippen molar-refractivity contribution in [1.82, 2.24) is 34.2 Å². The first kappa shape index (κ1) is 29.4. The molecule has 0 saturated carbocycles. The van der Waals surface area contributed by atoms with Crippen LogP contribution in [0.3, 0.4) is 0 Å². The highest BCUT2D eigenvalue weighted by Gasteiger charge is 2.31. The van der Waals surface area contributed by atoms with Crippen LogP contribution in [0.5, 0.6) is 5.75 Å². The SMILES string of the molecule is O=C1CC(N2CCN(C(=O)Cn3cc(NC(=O)c4cnn5cccnc45)c(-c4cc(Cl)ccc4OC(F)F)n3)CC2)CCO1. The second kappa shape index (κ2) is 12.5. The second-order valence-corrected chi connectivity index (χ2v) is 10.7. The maximum atomic E-state index is 13.3. The van der Waals surface area contributed by atoms with Crippen molar-refractivity contribution in [1.29, 1.82) is 0 Å². The van der Waals surface area contributed by atoms with Crippen LogP contribution in [0.25, 0.3) is 16.9 Å². The Morgan fingerprint density at radius 1 is 1.20 bits per heavy atom. The van der Waals surface area contributed by atoms with Gasteiger partial charge in [-0.25, -0.2) is 9.50 Å². The molecule has 1 unspecified atom stereocenters. The number of aromatic nitrogens is 5. The molecule has 230 valence electrons. The minimum Gasteiger partial charge on any atom is -0.466 e. The van der Waals surface area contributed by atoms with Crippen LogP contribution < -0.4 is 10.1 Å². The monoisotopic (exact) mass is 628 g/mol. The highest BCUT2D eigenvalue weighted by atomic mass is 35.5. The number of benzene rings is 1. The number of carbonyl (C=O) groups excluding carboxylic acids is 3. The van der Waals surface area contributed by atoms with Gasteiger partial charge in [-0.1, -0.05) is 11.6 Å². The molecule has 3 aromatic heterocycles. The van der Waals surface area contributed by atoms with E-state index in [1.54, 1.807) is 17.2 Å². The number of carbonyl (C=O) groups is 3. The van der Waals surface area contributed by atoms with Crippen LogP contribution in [0.15, 0.2) is 49.1 Å². The van der Waals surface area contributed by atoms with E-state index in [1.165, 1.54) is 46.0 Å². The molecule has 0 bridgehead atoms. The summed E-state index contributed by atoms with van der Waals surface area (Å²) in [5, 5.41) is 11.6. The number of esters is 1. The summed E-state index contributed by atoms with van der Waals surface area (Å²) in [6.45, 7) is -0.759. The Morgan fingerprint density at radius 2 is 2.02 bits per heavy atom. The van der Waals surface area contributed by atoms with Crippen molar-refractivity contribution in [2.24, 2.45) is 0 Å². The zero-order valence-corrected chi connectivity index (χ0v) is 24.0. The van der Waals surface area contributed by atoms with Crippen LogP contribution >= 0.6 is 11.6 Å². The lowest BCUT2D eigenvalue weighted by Crippen LogP contribution is -2.53. The fourth-order valence-electron chi connectivity index (χ4n) is 5.40. The number of anilines is 1. The zero-order chi connectivity index (χ0) is 30.8. The summed E-state index contributed by atoms with van der Waals surface area (Å²) in [5.74, 6) is -1.22. The summed E-state index contributed by atoms with van der Waals surface area (Å²) in [7, 11) is 0. The molecule has 6 rings (SSSR count). The quantitative estimate of drug-likeness (QED) is 0.292. The van der Waals surface area contributed by atoms with E-state index in [4.69, 9.17) is 21.1 Å². The van der Waals surface area contributed by atoms with Gasteiger partial charge in [-0.3, -0.25) is 24.0 Å². The van der Waals surface area contributed by atoms with E-state index in [2.05, 4.69) is 25.4 Å². The van der Waals surface area contributed by atoms with Crippen molar-refractivity contribution in [3.05, 3.63) is 59.6 Å². The molecule has 44 heavy (non-hydrogen) atoms. The summed E-state index contributed by atoms with van der Waals surface area (Å²) < 4.78 is 39.0. The number of piperazine rings is 1. The molecule has 5 heterocycles. The molecule has 2 saturated heterocycles. The Balaban J connectivity index is 1.24. The molecule has 0 spiro atoms. The lowest BCUT2D eigenvalue weighted by atomic mass is 10.1. The first-order chi connectivity index (χ1) is 21.2. The predicted octanol–water partition coefficient (Wildman–Crippen LogP) is 2.95. The molecule has 1 aromatic carbocycles. The number of ether oxygens (including phenoxy) is 2. The van der Waals surface area contributed by atoms with Crippen LogP contribution in [0.4, 0.5) is 14.5 Å². The van der Waals surface area contributed by atoms with Gasteiger partial charge < -0.3 is 19.7 Å². The Morgan fingerprint density at radius 3 is 2.80 bits per heavy atom. The minimum atomic E-state index is -3.13. The molecule has 13 nitrogen and oxygen atoms in total. The third-order valence-corrected chi connectivity index (χ3v) is 7.78. The standard InChI is InChI=1S/C28H27ClF2N8O5/c29-17-2-3-22(44-28(30)31)19(12-17)25-21(34-27(42)20-14-33-39-6-1-5-32-26(20)39)15-38(35-25)16-23(40)37-9-7-36(8-10-37)18-4-11-43-24(41)13-18/h1-3,5-6,12,14-15,18,28H,4,7-11,13,16H2,(H,34,42). The van der Waals surface area contributed by atoms with Gasteiger partial charge in [0.15, 0.2) is 5.65 Å². The van der Waals surface area contributed by atoms with Crippen LogP contribution in [0, 0.1) is 0 Å². The molecule has 0 aliphatic carbocycles. The summed E-state index contributed by atoms with van der Waals surface area (Å²) in [5.41, 5.74) is 0.774. The molecule has 2 aliphatic rings. The lowest BCUT2D eigenvalue weighted by molar-refractivity contribution is -0.151. The van der Waals surface area contributed by atoms with Crippen molar-refractivity contribution in [2.75, 3.05) is 38.1 Å². The molecule has 2 amide bonds. The summed E-state index contributed by atoms with van der Waals surface area (Å²) in [6, 6.07) is 5.82. The zero-order valence-electron chi connectivity index (χ0n) is 23.2. The fourth-order valence-corrected chi connectivity index (χ4v) is 5.58. The average Bonchev–Trinajstić information content (AvgIpc) is 3.62. The average molecular weight is 629 g/mol. The smallest absolute Gasteiger partial charge is 0.387 e. The topological polar surface area (TPSA) is 136 Å². The van der Waals surface area contributed by atoms with Gasteiger partial charge in [-0.05, 0) is 30.7 Å². The number of cyclic esters (lactones) is 1. The number of halogens is 3. The number of alkyl halides is 2. The van der Waals surface area contributed by atoms with Crippen molar-refractivity contribution >= 4 is 40.7 Å². The maximum Gasteiger partial charge on any atom is 0.387 e. The Bertz CT molecular complexity index is 1700. The normalized spacial score (nSPS) is 17.6. The van der Waals surface area contributed by atoms with Gasteiger partial charge >= 0.3 is 12.6 Å². The minimum absolute atomic E-state index is 0.0720. The van der Waals surface area contributed by atoms with Crippen molar-refractivity contribution in [3.8, 4) is 17.0 Å². The highest BCUT2D eigenvalue weighted by molar-refractivity contribution is 6.31. The summed E-state index contributed by atoms with van der Waals surface area (Å²) >= 11 is 6.20. The number of rotatable bonds is 8. The van der Waals surface area contributed by atoms with Gasteiger partial charge in [-0.2, -0.15) is 19.0 Å². The first-order valence-corrected chi connectivity index (χ1v) is 14.2. The predicted molar refractivity (Wildman–Crippen MR) is 152 cm³/mol. The van der Waals surface area contributed by atoms with Gasteiger partial charge in [0.25, 0.3) is 5.91 Å².